The topological polar surface area (TPSA) is 175 Å². The number of aliphatic hydroxyl groups excluding tert-OH is 2. The number of nitrogens with zero attached hydrogens (tertiary/aromatic N) is 1. The van der Waals surface area contributed by atoms with Gasteiger partial charge in [-0.15, -0.1) is 0 Å². The van der Waals surface area contributed by atoms with Crippen LogP contribution in [0.1, 0.15) is 103 Å². The molecule has 66 heavy (non-hydrogen) atoms. The molecule has 11 nitrogen and oxygen atoms in total. The minimum atomic E-state index is -1.09. The van der Waals surface area contributed by atoms with Crippen LogP contribution in [0.4, 0.5) is 0 Å². The first-order chi connectivity index (χ1) is 31.9. The predicted octanol–water partition coefficient (Wildman–Crippen LogP) is 8.51. The second-order valence-corrected chi connectivity index (χ2v) is 18.1. The van der Waals surface area contributed by atoms with Crippen molar-refractivity contribution in [1.82, 2.24) is 15.6 Å². The third-order valence-electron chi connectivity index (χ3n) is 13.7. The van der Waals surface area contributed by atoms with E-state index >= 15 is 4.79 Å². The molecule has 0 saturated heterocycles. The van der Waals surface area contributed by atoms with Gasteiger partial charge in [-0.25, -0.2) is 0 Å². The molecule has 0 aliphatic heterocycles. The maximum Gasteiger partial charge on any atom is 0.164 e. The highest BCUT2D eigenvalue weighted by Crippen LogP contribution is 2.42. The second-order valence-electron chi connectivity index (χ2n) is 18.1. The molecule has 1 aromatic heterocycles. The van der Waals surface area contributed by atoms with Crippen molar-refractivity contribution in [2.45, 2.75) is 108 Å². The number of fused-ring (bicyclic) bond motifs is 1. The Morgan fingerprint density at radius 3 is 2.33 bits per heavy atom. The molecule has 0 radical (unpaired) electrons. The third kappa shape index (κ3) is 11.4. The number of hydrogen-bond acceptors (Lipinski definition) is 10. The standard InChI is InChI=1S/C55H66N3O8/c1-5-38-14-15-39-11-7-8-12-45(39)46(38)30-48-40(16-18-50(62)54(48)65-4)26-42(23-37-19-22-57-33-37)51(63)31-52(64)47(24-36-13-17-49(61)53(25-36)66-34-58-32-35(2)59)41-27-43(29-44(60)28-41)55(56-3)20-9-6-10-21-55/h7-8,11-19,22,25,27-29,33,35,42,47,51,56,58-63H,5-6,9-10,20-21,23-24,26,30-32,34H2,1-4H3/q-1/t35-,42-,47+,51+/m0/s1. The van der Waals surface area contributed by atoms with Gasteiger partial charge in [0.2, 0.25) is 0 Å². The molecule has 7 N–H and O–H groups in total. The van der Waals surface area contributed by atoms with Gasteiger partial charge in [-0.1, -0.05) is 92.4 Å². The lowest BCUT2D eigenvalue weighted by Gasteiger charge is -2.38. The number of aromatic hydroxyl groups is 3. The fourth-order valence-corrected chi connectivity index (χ4v) is 10.1. The number of phenolic OH excluding ortho intramolecular Hbond substituents is 3. The van der Waals surface area contributed by atoms with Crippen LogP contribution in [0.2, 0.25) is 0 Å². The molecule has 5 aromatic carbocycles. The zero-order valence-electron chi connectivity index (χ0n) is 38.7. The maximum atomic E-state index is 15.1. The minimum Gasteiger partial charge on any atom is -0.670 e. The summed E-state index contributed by atoms with van der Waals surface area (Å²) in [5.41, 5.74) is 6.92. The molecular weight excluding hydrogens is 831 g/mol. The molecule has 7 rings (SSSR count). The maximum absolute atomic E-state index is 15.1. The lowest BCUT2D eigenvalue weighted by atomic mass is 9.75. The summed E-state index contributed by atoms with van der Waals surface area (Å²) < 4.78 is 11.8. The molecule has 1 aliphatic rings. The molecule has 1 saturated carbocycles. The van der Waals surface area contributed by atoms with Gasteiger partial charge in [0.1, 0.15) is 18.3 Å². The average molecular weight is 897 g/mol. The summed E-state index contributed by atoms with van der Waals surface area (Å²) in [4.78, 5) is 19.4. The van der Waals surface area contributed by atoms with Crippen LogP contribution in [0.15, 0.2) is 103 Å². The number of aromatic nitrogens is 1. The molecule has 0 spiro atoms. The van der Waals surface area contributed by atoms with Crippen molar-refractivity contribution in [2.75, 3.05) is 27.4 Å². The zero-order valence-corrected chi connectivity index (χ0v) is 38.7. The van der Waals surface area contributed by atoms with Gasteiger partial charge < -0.3 is 45.3 Å². The number of nitrogens with one attached hydrogen (secondary N) is 2. The van der Waals surface area contributed by atoms with E-state index < -0.39 is 24.0 Å². The number of aliphatic hydroxyl groups is 2. The van der Waals surface area contributed by atoms with Crippen molar-refractivity contribution in [3.63, 3.8) is 0 Å². The molecule has 11 heteroatoms. The number of hydrogen-bond donors (Lipinski definition) is 7. The van der Waals surface area contributed by atoms with Crippen LogP contribution in [0.25, 0.3) is 10.8 Å². The number of benzene rings is 5. The number of ketones is 1. The quantitative estimate of drug-likeness (QED) is 0.0257. The summed E-state index contributed by atoms with van der Waals surface area (Å²) in [5.74, 6) is -0.786. The van der Waals surface area contributed by atoms with Crippen molar-refractivity contribution in [1.29, 1.82) is 0 Å². The van der Waals surface area contributed by atoms with Gasteiger partial charge >= 0.3 is 0 Å². The molecule has 1 heterocycles. The zero-order chi connectivity index (χ0) is 46.8. The van der Waals surface area contributed by atoms with Gasteiger partial charge in [-0.05, 0) is 133 Å². The van der Waals surface area contributed by atoms with Gasteiger partial charge in [0, 0.05) is 36.4 Å². The SMILES string of the molecule is CCc1ccc2ccccc2c1Cc1c(C[C@H](Cc2cc[n-]c2)[C@H](O)CC(=O)[C@H](Cc2ccc(O)c(OCNC[C@H](C)O)c2)c2cc(O)cc(C3(NC)CCCCC3)c2)ccc(O)c1OC. The van der Waals surface area contributed by atoms with Crippen LogP contribution in [0.3, 0.4) is 0 Å². The number of phenols is 3. The summed E-state index contributed by atoms with van der Waals surface area (Å²) in [6.07, 6.45) is 9.02. The molecular formula is C55H66N3O8-. The van der Waals surface area contributed by atoms with E-state index in [4.69, 9.17) is 9.47 Å². The Kier molecular flexibility index (Phi) is 16.1. The molecule has 0 amide bonds. The first-order valence-corrected chi connectivity index (χ1v) is 23.4. The number of Topliss-reactive ketones (excluding diaryl/α,β-unsaturated/α-hetero) is 1. The highest BCUT2D eigenvalue weighted by molar-refractivity contribution is 5.88. The summed E-state index contributed by atoms with van der Waals surface area (Å²) in [6, 6.07) is 28.6. The first kappa shape index (κ1) is 48.1. The molecule has 1 aliphatic carbocycles. The van der Waals surface area contributed by atoms with Crippen LogP contribution in [0.5, 0.6) is 28.7 Å². The first-order valence-electron chi connectivity index (χ1n) is 23.4. The lowest BCUT2D eigenvalue weighted by molar-refractivity contribution is -0.123. The van der Waals surface area contributed by atoms with Gasteiger partial charge in [0.25, 0.3) is 0 Å². The van der Waals surface area contributed by atoms with Gasteiger partial charge in [0.05, 0.1) is 19.3 Å². The molecule has 0 bridgehead atoms. The van der Waals surface area contributed by atoms with Crippen LogP contribution in [-0.2, 0) is 42.4 Å². The minimum absolute atomic E-state index is 0.0301. The summed E-state index contributed by atoms with van der Waals surface area (Å²) in [5, 5.41) is 64.2. The number of carbonyl (C=O) groups excluding carboxylic acids is 1. The normalized spacial score (nSPS) is 15.5. The molecule has 350 valence electrons. The van der Waals surface area contributed by atoms with Gasteiger partial charge in [-0.2, -0.15) is 12.4 Å². The van der Waals surface area contributed by atoms with Crippen LogP contribution >= 0.6 is 0 Å². The smallest absolute Gasteiger partial charge is 0.164 e. The molecule has 6 aromatic rings. The average Bonchev–Trinajstić information content (AvgIpc) is 3.84. The number of rotatable bonds is 22. The van der Waals surface area contributed by atoms with E-state index in [1.807, 2.05) is 37.4 Å². The predicted molar refractivity (Wildman–Crippen MR) is 259 cm³/mol. The Balaban J connectivity index is 1.24. The van der Waals surface area contributed by atoms with Crippen molar-refractivity contribution in [3.05, 3.63) is 148 Å². The van der Waals surface area contributed by atoms with Gasteiger partial charge in [-0.3, -0.25) is 10.1 Å². The number of aryl methyl sites for hydroxylation is 1. The molecule has 1 fully saturated rings. The van der Waals surface area contributed by atoms with Crippen LogP contribution < -0.4 is 25.1 Å². The van der Waals surface area contributed by atoms with E-state index in [0.29, 0.717) is 37.1 Å². The molecule has 0 unspecified atom stereocenters. The van der Waals surface area contributed by atoms with E-state index in [1.54, 1.807) is 56.8 Å². The molecule has 4 atom stereocenters. The van der Waals surface area contributed by atoms with E-state index in [1.165, 1.54) is 11.6 Å². The van der Waals surface area contributed by atoms with Crippen LogP contribution in [0, 0.1) is 5.92 Å². The monoisotopic (exact) mass is 896 g/mol. The van der Waals surface area contributed by atoms with Crippen molar-refractivity contribution in [2.24, 2.45) is 5.92 Å². The van der Waals surface area contributed by atoms with E-state index in [-0.39, 0.29) is 53.9 Å². The van der Waals surface area contributed by atoms with E-state index in [0.717, 1.165) is 82.7 Å². The number of ether oxygens (including phenoxy) is 2. The summed E-state index contributed by atoms with van der Waals surface area (Å²) in [6.45, 7) is 4.16. The van der Waals surface area contributed by atoms with E-state index in [9.17, 15) is 25.5 Å². The van der Waals surface area contributed by atoms with Gasteiger partial charge in [0.15, 0.2) is 23.0 Å². The van der Waals surface area contributed by atoms with Crippen molar-refractivity contribution in [3.8, 4) is 28.7 Å². The largest absolute Gasteiger partial charge is 0.670 e. The Morgan fingerprint density at radius 1 is 0.833 bits per heavy atom. The Labute approximate surface area is 388 Å². The number of methoxy groups -OCH3 is 1. The third-order valence-corrected chi connectivity index (χ3v) is 13.7. The lowest BCUT2D eigenvalue weighted by Crippen LogP contribution is -2.41. The Morgan fingerprint density at radius 2 is 1.61 bits per heavy atom. The highest BCUT2D eigenvalue weighted by atomic mass is 16.5. The second kappa shape index (κ2) is 22.1. The van der Waals surface area contributed by atoms with Crippen molar-refractivity contribution < 1.29 is 39.8 Å². The Bertz CT molecular complexity index is 2550. The fraction of sp³-hybridized carbons (Fsp3) is 0.400. The summed E-state index contributed by atoms with van der Waals surface area (Å²) in [7, 11) is 3.51. The van der Waals surface area contributed by atoms with E-state index in [2.05, 4.69) is 46.8 Å². The highest BCUT2D eigenvalue weighted by Gasteiger charge is 2.35. The van der Waals surface area contributed by atoms with Crippen LogP contribution in [-0.4, -0.2) is 71.0 Å². The Hall–Kier alpha value is -5.85. The fourth-order valence-electron chi connectivity index (χ4n) is 10.1. The van der Waals surface area contributed by atoms with Crippen molar-refractivity contribution >= 4 is 16.6 Å². The summed E-state index contributed by atoms with van der Waals surface area (Å²) >= 11 is 0. The number of carbonyl (C=O) groups is 1.